The van der Waals surface area contributed by atoms with Crippen molar-refractivity contribution in [3.05, 3.63) is 41.3 Å². The number of benzene rings is 1. The molecule has 4 rings (SSSR count). The van der Waals surface area contributed by atoms with E-state index < -0.39 is 16.1 Å². The average Bonchev–Trinajstić information content (AvgIpc) is 3.47. The number of amides is 1. The van der Waals surface area contributed by atoms with E-state index >= 15 is 0 Å². The van der Waals surface area contributed by atoms with E-state index in [-0.39, 0.29) is 17.8 Å². The molecule has 1 aromatic heterocycles. The zero-order valence-electron chi connectivity index (χ0n) is 17.9. The monoisotopic (exact) mass is 447 g/mol. The summed E-state index contributed by atoms with van der Waals surface area (Å²) < 4.78 is 34.7. The van der Waals surface area contributed by atoms with Gasteiger partial charge in [0, 0.05) is 24.8 Å². The van der Waals surface area contributed by atoms with Crippen LogP contribution in [0.2, 0.25) is 0 Å². The number of oxazole rings is 1. The molecule has 2 aliphatic rings. The number of rotatable bonds is 7. The number of carbonyl (C=O) groups is 1. The molecule has 1 aromatic carbocycles. The molecule has 0 aliphatic carbocycles. The standard InChI is InChI=1S/C21H29N5O4S/c1-15-7-8-16(2)18(12-15)22-21-23-19(14-30-21)20(27)24-31(28,29)26-11-5-6-17(26)13-25-9-3-4-10-25/h7-8,12,14,17H,3-6,9-11,13H2,1-2H3,(H,22,23)(H,24,27)/t17-/m0/s1. The van der Waals surface area contributed by atoms with Gasteiger partial charge < -0.3 is 14.6 Å². The van der Waals surface area contributed by atoms with Gasteiger partial charge in [0.1, 0.15) is 6.26 Å². The molecular formula is C21H29N5O4S. The van der Waals surface area contributed by atoms with Crippen LogP contribution in [0, 0.1) is 13.8 Å². The van der Waals surface area contributed by atoms with Crippen molar-refractivity contribution in [1.82, 2.24) is 18.9 Å². The first-order valence-electron chi connectivity index (χ1n) is 10.7. The Bertz CT molecular complexity index is 1050. The van der Waals surface area contributed by atoms with Crippen molar-refractivity contribution in [2.24, 2.45) is 0 Å². The maximum Gasteiger partial charge on any atom is 0.304 e. The zero-order valence-corrected chi connectivity index (χ0v) is 18.7. The molecule has 2 fully saturated rings. The molecule has 31 heavy (non-hydrogen) atoms. The lowest BCUT2D eigenvalue weighted by molar-refractivity contribution is 0.0973. The number of nitrogens with zero attached hydrogens (tertiary/aromatic N) is 3. The Balaban J connectivity index is 1.41. The molecule has 1 atom stereocenters. The third kappa shape index (κ3) is 5.08. The number of hydrogen-bond donors (Lipinski definition) is 2. The molecule has 0 unspecified atom stereocenters. The zero-order chi connectivity index (χ0) is 22.0. The van der Waals surface area contributed by atoms with Gasteiger partial charge in [-0.15, -0.1) is 0 Å². The van der Waals surface area contributed by atoms with Crippen LogP contribution < -0.4 is 10.0 Å². The van der Waals surface area contributed by atoms with Crippen LogP contribution in [0.5, 0.6) is 0 Å². The van der Waals surface area contributed by atoms with Gasteiger partial charge in [-0.1, -0.05) is 12.1 Å². The molecule has 1 amide bonds. The Hall–Kier alpha value is -2.43. The first kappa shape index (κ1) is 21.8. The minimum absolute atomic E-state index is 0.0910. The van der Waals surface area contributed by atoms with Crippen LogP contribution in [0.3, 0.4) is 0 Å². The van der Waals surface area contributed by atoms with E-state index in [1.807, 2.05) is 32.0 Å². The van der Waals surface area contributed by atoms with E-state index in [0.29, 0.717) is 13.1 Å². The van der Waals surface area contributed by atoms with Crippen molar-refractivity contribution >= 4 is 27.8 Å². The van der Waals surface area contributed by atoms with E-state index in [4.69, 9.17) is 4.42 Å². The van der Waals surface area contributed by atoms with E-state index in [0.717, 1.165) is 61.9 Å². The normalized spacial score (nSPS) is 20.3. The molecule has 0 bridgehead atoms. The predicted molar refractivity (Wildman–Crippen MR) is 117 cm³/mol. The fraction of sp³-hybridized carbons (Fsp3) is 0.524. The largest absolute Gasteiger partial charge is 0.431 e. The Kier molecular flexibility index (Phi) is 6.31. The second-order valence-electron chi connectivity index (χ2n) is 8.33. The van der Waals surface area contributed by atoms with Gasteiger partial charge in [0.15, 0.2) is 5.69 Å². The van der Waals surface area contributed by atoms with Crippen molar-refractivity contribution in [2.45, 2.75) is 45.6 Å². The number of aromatic nitrogens is 1. The molecule has 10 heteroatoms. The highest BCUT2D eigenvalue weighted by Crippen LogP contribution is 2.24. The molecule has 0 saturated carbocycles. The maximum atomic E-state index is 12.9. The van der Waals surface area contributed by atoms with Crippen LogP contribution in [0.1, 0.15) is 47.3 Å². The number of carbonyl (C=O) groups excluding carboxylic acids is 1. The van der Waals surface area contributed by atoms with Crippen molar-refractivity contribution in [1.29, 1.82) is 0 Å². The summed E-state index contributed by atoms with van der Waals surface area (Å²) in [4.78, 5) is 19.0. The molecular weight excluding hydrogens is 418 g/mol. The lowest BCUT2D eigenvalue weighted by Crippen LogP contribution is -2.49. The van der Waals surface area contributed by atoms with E-state index in [2.05, 4.69) is 19.9 Å². The first-order valence-corrected chi connectivity index (χ1v) is 12.1. The molecule has 3 heterocycles. The van der Waals surface area contributed by atoms with E-state index in [9.17, 15) is 13.2 Å². The van der Waals surface area contributed by atoms with Gasteiger partial charge in [0.05, 0.1) is 0 Å². The lowest BCUT2D eigenvalue weighted by Gasteiger charge is -2.27. The maximum absolute atomic E-state index is 12.9. The smallest absolute Gasteiger partial charge is 0.304 e. The van der Waals surface area contributed by atoms with Gasteiger partial charge in [-0.05, 0) is 69.8 Å². The van der Waals surface area contributed by atoms with Gasteiger partial charge in [-0.25, -0.2) is 4.72 Å². The predicted octanol–water partition coefficient (Wildman–Crippen LogP) is 2.57. The second-order valence-corrected chi connectivity index (χ2v) is 9.96. The van der Waals surface area contributed by atoms with Gasteiger partial charge in [0.25, 0.3) is 11.9 Å². The van der Waals surface area contributed by atoms with Gasteiger partial charge >= 0.3 is 10.2 Å². The summed E-state index contributed by atoms with van der Waals surface area (Å²) in [6.45, 7) is 7.05. The summed E-state index contributed by atoms with van der Waals surface area (Å²) in [5, 5.41) is 3.03. The Morgan fingerprint density at radius 1 is 1.19 bits per heavy atom. The summed E-state index contributed by atoms with van der Waals surface area (Å²) in [6, 6.07) is 5.92. The minimum Gasteiger partial charge on any atom is -0.431 e. The fourth-order valence-corrected chi connectivity index (χ4v) is 5.61. The van der Waals surface area contributed by atoms with Crippen LogP contribution in [0.25, 0.3) is 0 Å². The van der Waals surface area contributed by atoms with E-state index in [1.54, 1.807) is 0 Å². The highest BCUT2D eigenvalue weighted by atomic mass is 32.2. The highest BCUT2D eigenvalue weighted by Gasteiger charge is 2.37. The van der Waals surface area contributed by atoms with Gasteiger partial charge in [-0.2, -0.15) is 17.7 Å². The number of aryl methyl sites for hydroxylation is 2. The van der Waals surface area contributed by atoms with Crippen LogP contribution in [0.4, 0.5) is 11.7 Å². The summed E-state index contributed by atoms with van der Waals surface area (Å²) in [6.07, 6.45) is 5.06. The minimum atomic E-state index is -3.96. The number of hydrogen-bond acceptors (Lipinski definition) is 7. The van der Waals surface area contributed by atoms with Gasteiger partial charge in [-0.3, -0.25) is 4.79 Å². The van der Waals surface area contributed by atoms with E-state index in [1.165, 1.54) is 4.31 Å². The van der Waals surface area contributed by atoms with Crippen molar-refractivity contribution in [2.75, 3.05) is 31.5 Å². The fourth-order valence-electron chi connectivity index (χ4n) is 4.22. The Labute approximate surface area is 183 Å². The van der Waals surface area contributed by atoms with Crippen molar-refractivity contribution < 1.29 is 17.6 Å². The molecule has 168 valence electrons. The molecule has 2 aliphatic heterocycles. The Morgan fingerprint density at radius 3 is 2.74 bits per heavy atom. The lowest BCUT2D eigenvalue weighted by atomic mass is 10.1. The second kappa shape index (κ2) is 8.97. The summed E-state index contributed by atoms with van der Waals surface area (Å²) >= 11 is 0. The highest BCUT2D eigenvalue weighted by molar-refractivity contribution is 7.87. The van der Waals surface area contributed by atoms with Crippen LogP contribution in [0.15, 0.2) is 28.9 Å². The van der Waals surface area contributed by atoms with Crippen molar-refractivity contribution in [3.8, 4) is 0 Å². The average molecular weight is 448 g/mol. The quantitative estimate of drug-likeness (QED) is 0.672. The first-order chi connectivity index (χ1) is 14.8. The molecule has 2 aromatic rings. The topological polar surface area (TPSA) is 108 Å². The molecule has 2 saturated heterocycles. The van der Waals surface area contributed by atoms with Crippen LogP contribution >= 0.6 is 0 Å². The molecule has 9 nitrogen and oxygen atoms in total. The molecule has 2 N–H and O–H groups in total. The van der Waals surface area contributed by atoms with Crippen LogP contribution in [-0.4, -0.2) is 60.7 Å². The number of nitrogens with one attached hydrogen (secondary N) is 2. The van der Waals surface area contributed by atoms with Crippen molar-refractivity contribution in [3.63, 3.8) is 0 Å². The molecule has 0 spiro atoms. The number of anilines is 2. The Morgan fingerprint density at radius 2 is 1.97 bits per heavy atom. The summed E-state index contributed by atoms with van der Waals surface area (Å²) in [5.74, 6) is -0.801. The molecule has 0 radical (unpaired) electrons. The van der Waals surface area contributed by atoms with Crippen LogP contribution in [-0.2, 0) is 10.2 Å². The summed E-state index contributed by atoms with van der Waals surface area (Å²) in [5.41, 5.74) is 2.78. The number of likely N-dealkylation sites (tertiary alicyclic amines) is 1. The van der Waals surface area contributed by atoms with Gasteiger partial charge in [0.2, 0.25) is 0 Å². The SMILES string of the molecule is Cc1ccc(C)c(Nc2nc(C(=O)NS(=O)(=O)N3CCC[C@H]3CN3CCCC3)co2)c1. The third-order valence-corrected chi connectivity index (χ3v) is 7.43. The third-order valence-electron chi connectivity index (χ3n) is 5.89. The summed E-state index contributed by atoms with van der Waals surface area (Å²) in [7, 11) is -3.96.